The van der Waals surface area contributed by atoms with Gasteiger partial charge >= 0.3 is 0 Å². The van der Waals surface area contributed by atoms with Crippen molar-refractivity contribution in [3.8, 4) is 0 Å². The molecule has 3 aromatic carbocycles. The van der Waals surface area contributed by atoms with Crippen molar-refractivity contribution in [2.45, 2.75) is 38.6 Å². The fraction of sp³-hybridized carbons (Fsp3) is 0.258. The number of carbonyl (C=O) groups excluding carboxylic acids is 2. The molecule has 0 bridgehead atoms. The first-order chi connectivity index (χ1) is 19.3. The molecular weight excluding hydrogens is 635 g/mol. The van der Waals surface area contributed by atoms with E-state index in [2.05, 4.69) is 44.3 Å². The molecule has 208 valence electrons. The van der Waals surface area contributed by atoms with Gasteiger partial charge in [0.2, 0.25) is 0 Å². The van der Waals surface area contributed by atoms with Crippen molar-refractivity contribution in [3.05, 3.63) is 121 Å². The Balaban J connectivity index is 1.42. The number of benzene rings is 3. The van der Waals surface area contributed by atoms with Gasteiger partial charge in [0.15, 0.2) is 0 Å². The van der Waals surface area contributed by atoms with Crippen LogP contribution in [-0.4, -0.2) is 52.5 Å². The van der Waals surface area contributed by atoms with Crippen LogP contribution < -0.4 is 10.6 Å². The highest BCUT2D eigenvalue weighted by atomic mass is 127. The number of nitrogens with one attached hydrogen (secondary N) is 2. The summed E-state index contributed by atoms with van der Waals surface area (Å²) in [7, 11) is 1.72. The van der Waals surface area contributed by atoms with Gasteiger partial charge in [-0.1, -0.05) is 48.5 Å². The molecule has 1 heterocycles. The summed E-state index contributed by atoms with van der Waals surface area (Å²) in [6.07, 6.45) is -0.364. The third kappa shape index (κ3) is 8.69. The van der Waals surface area contributed by atoms with E-state index in [0.717, 1.165) is 25.4 Å². The van der Waals surface area contributed by atoms with Crippen LogP contribution in [0.2, 0.25) is 0 Å². The summed E-state index contributed by atoms with van der Waals surface area (Å²) in [5.74, 6) is -0.534. The highest BCUT2D eigenvalue weighted by Crippen LogP contribution is 2.15. The smallest absolute Gasteiger partial charge is 0.253 e. The first-order valence-electron chi connectivity index (χ1n) is 13.0. The van der Waals surface area contributed by atoms with Crippen LogP contribution in [-0.2, 0) is 19.5 Å². The zero-order chi connectivity index (χ0) is 28.5. The lowest BCUT2D eigenvalue weighted by atomic mass is 10.00. The quantitative estimate of drug-likeness (QED) is 0.188. The fourth-order valence-corrected chi connectivity index (χ4v) is 5.75. The maximum atomic E-state index is 13.3. The van der Waals surface area contributed by atoms with Gasteiger partial charge in [0.05, 0.1) is 18.7 Å². The summed E-state index contributed by atoms with van der Waals surface area (Å²) in [5, 5.41) is 20.2. The third-order valence-corrected chi connectivity index (χ3v) is 8.03. The van der Waals surface area contributed by atoms with Gasteiger partial charge in [-0.3, -0.25) is 9.59 Å². The maximum Gasteiger partial charge on any atom is 0.253 e. The zero-order valence-electron chi connectivity index (χ0n) is 22.5. The number of rotatable bonds is 12. The molecule has 1 aromatic heterocycles. The van der Waals surface area contributed by atoms with Crippen molar-refractivity contribution in [1.29, 1.82) is 0 Å². The van der Waals surface area contributed by atoms with Crippen molar-refractivity contribution in [3.63, 3.8) is 0 Å². The van der Waals surface area contributed by atoms with Crippen LogP contribution in [0.25, 0.3) is 0 Å². The van der Waals surface area contributed by atoms with Gasteiger partial charge in [-0.2, -0.15) is 0 Å². The standard InChI is InChI=1S/C31H33IN4O3S/c1-21-20-40-29(34-21)19-36(2)31(39)25-12-7-11-24(16-25)30(38)35-27(15-22-8-4-3-5-9-22)28(37)18-33-17-23-10-6-13-26(32)14-23/h3-14,16,20,27-28,33,37H,15,17-19H2,1-2H3,(H,35,38)/t27-,28+/m0/s1. The van der Waals surface area contributed by atoms with Gasteiger partial charge < -0.3 is 20.6 Å². The number of hydrogen-bond donors (Lipinski definition) is 3. The predicted octanol–water partition coefficient (Wildman–Crippen LogP) is 4.82. The van der Waals surface area contributed by atoms with Gasteiger partial charge in [-0.15, -0.1) is 11.3 Å². The number of carbonyl (C=O) groups is 2. The Kier molecular flexibility index (Phi) is 10.8. The molecule has 2 amide bonds. The summed E-state index contributed by atoms with van der Waals surface area (Å²) in [4.78, 5) is 32.4. The van der Waals surface area contributed by atoms with Crippen LogP contribution in [0.4, 0.5) is 0 Å². The topological polar surface area (TPSA) is 94.6 Å². The molecule has 0 fully saturated rings. The molecule has 4 aromatic rings. The molecule has 0 aliphatic heterocycles. The van der Waals surface area contributed by atoms with E-state index in [9.17, 15) is 14.7 Å². The van der Waals surface area contributed by atoms with E-state index < -0.39 is 12.1 Å². The number of aliphatic hydroxyl groups is 1. The Labute approximate surface area is 252 Å². The van der Waals surface area contributed by atoms with Gasteiger partial charge in [0.1, 0.15) is 5.01 Å². The molecule has 0 aliphatic carbocycles. The molecule has 2 atom stereocenters. The highest BCUT2D eigenvalue weighted by Gasteiger charge is 2.23. The number of aliphatic hydroxyl groups excluding tert-OH is 1. The predicted molar refractivity (Wildman–Crippen MR) is 167 cm³/mol. The number of aromatic nitrogens is 1. The van der Waals surface area contributed by atoms with Crippen LogP contribution in [0.15, 0.2) is 84.2 Å². The summed E-state index contributed by atoms with van der Waals surface area (Å²) in [6, 6.07) is 24.1. The second kappa shape index (κ2) is 14.5. The minimum absolute atomic E-state index is 0.192. The fourth-order valence-electron chi connectivity index (χ4n) is 4.32. The van der Waals surface area contributed by atoms with E-state index in [0.29, 0.717) is 37.2 Å². The van der Waals surface area contributed by atoms with Crippen LogP contribution in [0, 0.1) is 10.5 Å². The molecule has 0 saturated heterocycles. The normalized spacial score (nSPS) is 12.5. The third-order valence-electron chi connectivity index (χ3n) is 6.41. The minimum Gasteiger partial charge on any atom is -0.390 e. The Morgan fingerprint density at radius 1 is 1.00 bits per heavy atom. The average molecular weight is 669 g/mol. The first kappa shape index (κ1) is 29.9. The number of amides is 2. The van der Waals surface area contributed by atoms with Crippen molar-refractivity contribution >= 4 is 45.7 Å². The summed E-state index contributed by atoms with van der Waals surface area (Å²) >= 11 is 3.79. The number of aryl methyl sites for hydroxylation is 1. The van der Waals surface area contributed by atoms with E-state index in [1.165, 1.54) is 11.3 Å². The van der Waals surface area contributed by atoms with Gasteiger partial charge in [0, 0.05) is 45.9 Å². The van der Waals surface area contributed by atoms with E-state index in [1.807, 2.05) is 60.8 Å². The molecule has 4 rings (SSSR count). The highest BCUT2D eigenvalue weighted by molar-refractivity contribution is 14.1. The van der Waals surface area contributed by atoms with Gasteiger partial charge in [-0.25, -0.2) is 4.98 Å². The Morgan fingerprint density at radius 2 is 1.73 bits per heavy atom. The molecule has 0 unspecified atom stereocenters. The second-order valence-corrected chi connectivity index (χ2v) is 11.9. The van der Waals surface area contributed by atoms with Crippen molar-refractivity contribution in [1.82, 2.24) is 20.5 Å². The molecule has 0 spiro atoms. The second-order valence-electron chi connectivity index (χ2n) is 9.72. The largest absolute Gasteiger partial charge is 0.390 e. The maximum absolute atomic E-state index is 13.3. The lowest BCUT2D eigenvalue weighted by Gasteiger charge is -2.25. The SMILES string of the molecule is Cc1csc(CN(C)C(=O)c2cccc(C(=O)N[C@@H](Cc3ccccc3)[C@H](O)CNCc3cccc(I)c3)c2)n1. The molecule has 40 heavy (non-hydrogen) atoms. The molecule has 0 radical (unpaired) electrons. The number of halogens is 1. The Morgan fingerprint density at radius 3 is 2.45 bits per heavy atom. The van der Waals surface area contributed by atoms with E-state index in [4.69, 9.17) is 0 Å². The number of hydrogen-bond acceptors (Lipinski definition) is 6. The molecular formula is C31H33IN4O3S. The molecule has 9 heteroatoms. The molecule has 7 nitrogen and oxygen atoms in total. The van der Waals surface area contributed by atoms with Crippen LogP contribution in [0.5, 0.6) is 0 Å². The van der Waals surface area contributed by atoms with Crippen LogP contribution in [0.1, 0.15) is 42.5 Å². The zero-order valence-corrected chi connectivity index (χ0v) is 25.5. The summed E-state index contributed by atoms with van der Waals surface area (Å²) < 4.78 is 1.15. The first-order valence-corrected chi connectivity index (χ1v) is 15.0. The lowest BCUT2D eigenvalue weighted by Crippen LogP contribution is -2.48. The molecule has 0 saturated carbocycles. The van der Waals surface area contributed by atoms with Crippen LogP contribution >= 0.6 is 33.9 Å². The monoisotopic (exact) mass is 668 g/mol. The van der Waals surface area contributed by atoms with Crippen molar-refractivity contribution < 1.29 is 14.7 Å². The van der Waals surface area contributed by atoms with Gasteiger partial charge in [-0.05, 0) is 77.4 Å². The minimum atomic E-state index is -0.829. The Bertz CT molecular complexity index is 1430. The van der Waals surface area contributed by atoms with Crippen molar-refractivity contribution in [2.24, 2.45) is 0 Å². The molecule has 3 N–H and O–H groups in total. The van der Waals surface area contributed by atoms with E-state index in [-0.39, 0.29) is 11.8 Å². The van der Waals surface area contributed by atoms with E-state index in [1.54, 1.807) is 36.2 Å². The summed E-state index contributed by atoms with van der Waals surface area (Å²) in [5.41, 5.74) is 3.84. The average Bonchev–Trinajstić information content (AvgIpc) is 3.37. The Hall–Kier alpha value is -3.12. The van der Waals surface area contributed by atoms with Crippen molar-refractivity contribution in [2.75, 3.05) is 13.6 Å². The number of thiazole rings is 1. The van der Waals surface area contributed by atoms with Gasteiger partial charge in [0.25, 0.3) is 11.8 Å². The lowest BCUT2D eigenvalue weighted by molar-refractivity contribution is 0.0784. The summed E-state index contributed by atoms with van der Waals surface area (Å²) in [6.45, 7) is 3.24. The van der Waals surface area contributed by atoms with Crippen LogP contribution in [0.3, 0.4) is 0 Å². The number of nitrogens with zero attached hydrogens (tertiary/aromatic N) is 2. The van der Waals surface area contributed by atoms with E-state index >= 15 is 0 Å². The molecule has 0 aliphatic rings.